The van der Waals surface area contributed by atoms with Gasteiger partial charge in [-0.15, -0.1) is 0 Å². The van der Waals surface area contributed by atoms with Crippen LogP contribution in [0.5, 0.6) is 0 Å². The van der Waals surface area contributed by atoms with E-state index in [9.17, 15) is 4.79 Å². The molecule has 1 rings (SSSR count). The minimum Gasteiger partial charge on any atom is -0.326 e. The predicted octanol–water partition coefficient (Wildman–Crippen LogP) is 1.77. The lowest BCUT2D eigenvalue weighted by molar-refractivity contribution is 0.565. The molecule has 12 heavy (non-hydrogen) atoms. The van der Waals surface area contributed by atoms with Crippen molar-refractivity contribution in [3.05, 3.63) is 28.8 Å². The highest BCUT2D eigenvalue weighted by molar-refractivity contribution is 6.31. The van der Waals surface area contributed by atoms with Gasteiger partial charge in [0.2, 0.25) is 6.08 Å². The summed E-state index contributed by atoms with van der Waals surface area (Å²) < 4.78 is 0. The molecule has 3 nitrogen and oxygen atoms in total. The van der Waals surface area contributed by atoms with Crippen molar-refractivity contribution in [3.8, 4) is 0 Å². The Morgan fingerprint density at radius 2 is 2.33 bits per heavy atom. The van der Waals surface area contributed by atoms with Crippen LogP contribution in [0, 0.1) is 0 Å². The van der Waals surface area contributed by atoms with Gasteiger partial charge >= 0.3 is 0 Å². The van der Waals surface area contributed by atoms with Crippen LogP contribution >= 0.6 is 11.6 Å². The summed E-state index contributed by atoms with van der Waals surface area (Å²) in [6.07, 6.45) is 1.45. The third kappa shape index (κ3) is 1.71. The number of hydrogen-bond acceptors (Lipinski definition) is 3. The number of benzene rings is 1. The Balaban J connectivity index is 3.26. The number of carbonyl (C=O) groups excluding carboxylic acids is 1. The maximum atomic E-state index is 9.98. The molecule has 62 valence electrons. The van der Waals surface area contributed by atoms with Crippen molar-refractivity contribution in [2.24, 2.45) is 10.7 Å². The van der Waals surface area contributed by atoms with E-state index in [1.807, 2.05) is 0 Å². The van der Waals surface area contributed by atoms with Gasteiger partial charge in [-0.2, -0.15) is 4.99 Å². The van der Waals surface area contributed by atoms with Crippen LogP contribution in [-0.2, 0) is 11.3 Å². The number of rotatable bonds is 2. The first-order valence-corrected chi connectivity index (χ1v) is 3.72. The SMILES string of the molecule is NCc1c(Cl)cccc1N=C=O. The smallest absolute Gasteiger partial charge is 0.240 e. The third-order valence-corrected chi connectivity index (χ3v) is 1.82. The van der Waals surface area contributed by atoms with E-state index in [2.05, 4.69) is 4.99 Å². The van der Waals surface area contributed by atoms with Gasteiger partial charge < -0.3 is 5.73 Å². The van der Waals surface area contributed by atoms with Crippen molar-refractivity contribution in [2.45, 2.75) is 6.54 Å². The lowest BCUT2D eigenvalue weighted by atomic mass is 10.2. The van der Waals surface area contributed by atoms with Gasteiger partial charge in [0, 0.05) is 17.1 Å². The summed E-state index contributed by atoms with van der Waals surface area (Å²) in [6.45, 7) is 0.264. The van der Waals surface area contributed by atoms with E-state index >= 15 is 0 Å². The normalized spacial score (nSPS) is 9.17. The summed E-state index contributed by atoms with van der Waals surface area (Å²) in [5.41, 5.74) is 6.56. The Morgan fingerprint density at radius 1 is 1.58 bits per heavy atom. The Morgan fingerprint density at radius 3 is 2.92 bits per heavy atom. The van der Waals surface area contributed by atoms with Crippen molar-refractivity contribution in [1.29, 1.82) is 0 Å². The van der Waals surface area contributed by atoms with Crippen molar-refractivity contribution in [1.82, 2.24) is 0 Å². The molecule has 0 aromatic heterocycles. The highest BCUT2D eigenvalue weighted by Crippen LogP contribution is 2.25. The Bertz CT molecular complexity index is 332. The maximum absolute atomic E-state index is 9.98. The average Bonchev–Trinajstić information content (AvgIpc) is 2.05. The molecule has 0 spiro atoms. The molecule has 0 amide bonds. The van der Waals surface area contributed by atoms with Crippen molar-refractivity contribution >= 4 is 23.4 Å². The second-order valence-corrected chi connectivity index (χ2v) is 2.55. The van der Waals surface area contributed by atoms with Crippen molar-refractivity contribution < 1.29 is 4.79 Å². The number of nitrogens with two attached hydrogens (primary N) is 1. The fourth-order valence-electron chi connectivity index (χ4n) is 0.903. The minimum absolute atomic E-state index is 0.264. The summed E-state index contributed by atoms with van der Waals surface area (Å²) in [5.74, 6) is 0. The summed E-state index contributed by atoms with van der Waals surface area (Å²) in [5, 5.41) is 0.522. The lowest BCUT2D eigenvalue weighted by Gasteiger charge is -2.02. The predicted molar refractivity (Wildman–Crippen MR) is 47.1 cm³/mol. The Labute approximate surface area is 74.9 Å². The topological polar surface area (TPSA) is 55.4 Å². The average molecular weight is 183 g/mol. The molecule has 0 radical (unpaired) electrons. The first-order valence-electron chi connectivity index (χ1n) is 3.35. The molecule has 0 bridgehead atoms. The van der Waals surface area contributed by atoms with Crippen LogP contribution in [0.3, 0.4) is 0 Å². The molecule has 0 aliphatic heterocycles. The number of hydrogen-bond donors (Lipinski definition) is 1. The zero-order valence-electron chi connectivity index (χ0n) is 6.25. The molecule has 1 aromatic carbocycles. The highest BCUT2D eigenvalue weighted by Gasteiger charge is 2.02. The molecule has 0 aliphatic rings. The number of isocyanates is 1. The summed E-state index contributed by atoms with van der Waals surface area (Å²) >= 11 is 5.80. The van der Waals surface area contributed by atoms with E-state index < -0.39 is 0 Å². The fourth-order valence-corrected chi connectivity index (χ4v) is 1.15. The van der Waals surface area contributed by atoms with Crippen LogP contribution in [0.4, 0.5) is 5.69 Å². The standard InChI is InChI=1S/C8H7ClN2O/c9-7-2-1-3-8(11-5-12)6(7)4-10/h1-3H,4,10H2. The van der Waals surface area contributed by atoms with Crippen molar-refractivity contribution in [2.75, 3.05) is 0 Å². The van der Waals surface area contributed by atoms with Gasteiger partial charge in [0.1, 0.15) is 0 Å². The third-order valence-electron chi connectivity index (χ3n) is 1.46. The monoisotopic (exact) mass is 182 g/mol. The molecule has 0 heterocycles. The van der Waals surface area contributed by atoms with Crippen LogP contribution in [0.1, 0.15) is 5.56 Å². The van der Waals surface area contributed by atoms with Crippen LogP contribution < -0.4 is 5.73 Å². The zero-order chi connectivity index (χ0) is 8.97. The van der Waals surface area contributed by atoms with Gasteiger partial charge in [-0.25, -0.2) is 4.79 Å². The van der Waals surface area contributed by atoms with Gasteiger partial charge in [-0.3, -0.25) is 0 Å². The van der Waals surface area contributed by atoms with Crippen molar-refractivity contribution in [3.63, 3.8) is 0 Å². The Kier molecular flexibility index (Phi) is 3.00. The van der Waals surface area contributed by atoms with Crippen LogP contribution in [0.15, 0.2) is 23.2 Å². The van der Waals surface area contributed by atoms with E-state index in [0.717, 1.165) is 0 Å². The molecule has 0 unspecified atom stereocenters. The summed E-state index contributed by atoms with van der Waals surface area (Å²) in [7, 11) is 0. The summed E-state index contributed by atoms with van der Waals surface area (Å²) in [4.78, 5) is 13.4. The molecule has 1 aromatic rings. The lowest BCUT2D eigenvalue weighted by Crippen LogP contribution is -1.97. The molecular formula is C8H7ClN2O. The molecule has 0 saturated heterocycles. The quantitative estimate of drug-likeness (QED) is 0.560. The van der Waals surface area contributed by atoms with E-state index in [1.54, 1.807) is 18.2 Å². The van der Waals surface area contributed by atoms with E-state index in [1.165, 1.54) is 6.08 Å². The summed E-state index contributed by atoms with van der Waals surface area (Å²) in [6, 6.07) is 5.07. The molecule has 0 aliphatic carbocycles. The van der Waals surface area contributed by atoms with E-state index in [0.29, 0.717) is 16.3 Å². The number of nitrogens with zero attached hydrogens (tertiary/aromatic N) is 1. The molecule has 2 N–H and O–H groups in total. The largest absolute Gasteiger partial charge is 0.326 e. The fraction of sp³-hybridized carbons (Fsp3) is 0.125. The van der Waals surface area contributed by atoms with Crippen LogP contribution in [0.25, 0.3) is 0 Å². The van der Waals surface area contributed by atoms with Gasteiger partial charge in [0.05, 0.1) is 5.69 Å². The number of halogens is 1. The molecule has 0 fully saturated rings. The second-order valence-electron chi connectivity index (χ2n) is 2.14. The van der Waals surface area contributed by atoms with Gasteiger partial charge in [0.25, 0.3) is 0 Å². The second kappa shape index (κ2) is 4.02. The highest BCUT2D eigenvalue weighted by atomic mass is 35.5. The van der Waals surface area contributed by atoms with Crippen LogP contribution in [0.2, 0.25) is 5.02 Å². The molecule has 4 heteroatoms. The van der Waals surface area contributed by atoms with Gasteiger partial charge in [-0.1, -0.05) is 17.7 Å². The Hall–Kier alpha value is -1.15. The van der Waals surface area contributed by atoms with E-state index in [4.69, 9.17) is 17.3 Å². The molecule has 0 atom stereocenters. The minimum atomic E-state index is 0.264. The zero-order valence-corrected chi connectivity index (χ0v) is 7.01. The first-order chi connectivity index (χ1) is 5.79. The maximum Gasteiger partial charge on any atom is 0.240 e. The first kappa shape index (κ1) is 8.94. The molecule has 0 saturated carbocycles. The van der Waals surface area contributed by atoms with Gasteiger partial charge in [0.15, 0.2) is 0 Å². The van der Waals surface area contributed by atoms with Crippen LogP contribution in [-0.4, -0.2) is 6.08 Å². The number of aliphatic imine (C=N–C) groups is 1. The van der Waals surface area contributed by atoms with Gasteiger partial charge in [-0.05, 0) is 12.1 Å². The van der Waals surface area contributed by atoms with E-state index in [-0.39, 0.29) is 6.54 Å². The molecular weight excluding hydrogens is 176 g/mol.